The number of aryl methyl sites for hydroxylation is 1. The summed E-state index contributed by atoms with van der Waals surface area (Å²) < 4.78 is 39.3. The number of hydrogen-bond donors (Lipinski definition) is 2. The predicted molar refractivity (Wildman–Crippen MR) is 104 cm³/mol. The number of benzene rings is 2. The van der Waals surface area contributed by atoms with E-state index in [0.29, 0.717) is 5.69 Å². The van der Waals surface area contributed by atoms with Crippen LogP contribution in [-0.4, -0.2) is 45.3 Å². The van der Waals surface area contributed by atoms with Crippen LogP contribution in [0.5, 0.6) is 0 Å². The Balaban J connectivity index is 1.79. The van der Waals surface area contributed by atoms with Gasteiger partial charge in [0.25, 0.3) is 0 Å². The second-order valence-electron chi connectivity index (χ2n) is 6.27. The Morgan fingerprint density at radius 1 is 1.04 bits per heavy atom. The van der Waals surface area contributed by atoms with Gasteiger partial charge in [0.1, 0.15) is 5.82 Å². The molecule has 150 valence electrons. The smallest absolute Gasteiger partial charge is 0.243 e. The molecule has 2 amide bonds. The highest BCUT2D eigenvalue weighted by Gasteiger charge is 2.17. The van der Waals surface area contributed by atoms with Crippen molar-refractivity contribution >= 4 is 27.5 Å². The number of hydrogen-bond acceptors (Lipinski definition) is 4. The number of sulfonamides is 1. The van der Waals surface area contributed by atoms with Crippen LogP contribution in [0.15, 0.2) is 53.4 Å². The van der Waals surface area contributed by atoms with Gasteiger partial charge < -0.3 is 10.2 Å². The molecule has 0 radical (unpaired) electrons. The second-order valence-corrected chi connectivity index (χ2v) is 8.03. The fourth-order valence-electron chi connectivity index (χ4n) is 2.32. The van der Waals surface area contributed by atoms with Gasteiger partial charge >= 0.3 is 0 Å². The molecule has 2 aromatic rings. The Labute approximate surface area is 163 Å². The zero-order chi connectivity index (χ0) is 20.7. The van der Waals surface area contributed by atoms with E-state index < -0.39 is 15.8 Å². The molecule has 0 aliphatic rings. The van der Waals surface area contributed by atoms with E-state index in [1.54, 1.807) is 12.1 Å². The number of rotatable bonds is 8. The molecule has 0 heterocycles. The topological polar surface area (TPSA) is 95.6 Å². The Morgan fingerprint density at radius 3 is 2.25 bits per heavy atom. The number of halogens is 1. The number of nitrogens with one attached hydrogen (secondary N) is 2. The average molecular weight is 407 g/mol. The normalized spacial score (nSPS) is 11.1. The molecule has 0 aliphatic carbocycles. The molecule has 2 N–H and O–H groups in total. The van der Waals surface area contributed by atoms with Crippen molar-refractivity contribution in [3.8, 4) is 0 Å². The first kappa shape index (κ1) is 21.5. The first-order chi connectivity index (χ1) is 13.2. The van der Waals surface area contributed by atoms with Crippen LogP contribution in [0.3, 0.4) is 0 Å². The van der Waals surface area contributed by atoms with Crippen LogP contribution in [0, 0.1) is 12.7 Å². The molecular weight excluding hydrogens is 385 g/mol. The first-order valence-corrected chi connectivity index (χ1v) is 10.0. The summed E-state index contributed by atoms with van der Waals surface area (Å²) >= 11 is 0. The maximum atomic E-state index is 12.9. The molecular formula is C19H22FN3O4S. The molecule has 0 unspecified atom stereocenters. The summed E-state index contributed by atoms with van der Waals surface area (Å²) in [5.74, 6) is -1.29. The Bertz CT molecular complexity index is 929. The van der Waals surface area contributed by atoms with Crippen molar-refractivity contribution in [1.29, 1.82) is 0 Å². The third-order valence-electron chi connectivity index (χ3n) is 3.90. The zero-order valence-corrected chi connectivity index (χ0v) is 16.4. The number of nitrogens with zero attached hydrogens (tertiary/aromatic N) is 1. The van der Waals surface area contributed by atoms with E-state index in [4.69, 9.17) is 0 Å². The lowest BCUT2D eigenvalue weighted by atomic mass is 10.2. The monoisotopic (exact) mass is 407 g/mol. The van der Waals surface area contributed by atoms with Crippen LogP contribution >= 0.6 is 0 Å². The molecule has 7 nitrogen and oxygen atoms in total. The third-order valence-corrected chi connectivity index (χ3v) is 5.37. The second kappa shape index (κ2) is 9.43. The fourth-order valence-corrected chi connectivity index (χ4v) is 3.35. The third kappa shape index (κ3) is 6.43. The van der Waals surface area contributed by atoms with Crippen LogP contribution < -0.4 is 10.0 Å². The molecule has 9 heteroatoms. The van der Waals surface area contributed by atoms with Gasteiger partial charge in [0.05, 0.1) is 11.4 Å². The molecule has 0 aromatic heterocycles. The van der Waals surface area contributed by atoms with E-state index in [0.717, 1.165) is 29.8 Å². The van der Waals surface area contributed by atoms with Gasteiger partial charge in [-0.3, -0.25) is 9.59 Å². The summed E-state index contributed by atoms with van der Waals surface area (Å²) in [7, 11) is -2.37. The van der Waals surface area contributed by atoms with Crippen molar-refractivity contribution in [2.45, 2.75) is 18.2 Å². The fraction of sp³-hybridized carbons (Fsp3) is 0.263. The Hall–Kier alpha value is -2.78. The minimum Gasteiger partial charge on any atom is -0.336 e. The van der Waals surface area contributed by atoms with Crippen LogP contribution in [-0.2, 0) is 19.6 Å². The van der Waals surface area contributed by atoms with Crippen molar-refractivity contribution in [2.75, 3.05) is 25.5 Å². The quantitative estimate of drug-likeness (QED) is 0.699. The van der Waals surface area contributed by atoms with Crippen LogP contribution in [0.4, 0.5) is 10.1 Å². The first-order valence-electron chi connectivity index (χ1n) is 8.53. The highest BCUT2D eigenvalue weighted by Crippen LogP contribution is 2.10. The molecule has 2 aromatic carbocycles. The van der Waals surface area contributed by atoms with E-state index >= 15 is 0 Å². The number of amides is 2. The molecule has 2 rings (SSSR count). The number of carbonyl (C=O) groups is 2. The summed E-state index contributed by atoms with van der Waals surface area (Å²) in [6.07, 6.45) is -0.116. The number of likely N-dealkylation sites (N-methyl/N-ethyl adjacent to an activating group) is 1. The van der Waals surface area contributed by atoms with E-state index in [1.807, 2.05) is 19.1 Å². The minimum atomic E-state index is -3.83. The summed E-state index contributed by atoms with van der Waals surface area (Å²) in [6.45, 7) is 1.64. The predicted octanol–water partition coefficient (Wildman–Crippen LogP) is 1.90. The van der Waals surface area contributed by atoms with Gasteiger partial charge in [0, 0.05) is 25.7 Å². The Morgan fingerprint density at radius 2 is 1.64 bits per heavy atom. The average Bonchev–Trinajstić information content (AvgIpc) is 2.63. The molecule has 0 saturated carbocycles. The summed E-state index contributed by atoms with van der Waals surface area (Å²) in [6, 6.07) is 11.6. The van der Waals surface area contributed by atoms with E-state index in [-0.39, 0.29) is 36.2 Å². The van der Waals surface area contributed by atoms with Gasteiger partial charge in [0.2, 0.25) is 21.8 Å². The zero-order valence-electron chi connectivity index (χ0n) is 15.6. The lowest BCUT2D eigenvalue weighted by molar-refractivity contribution is -0.133. The standard InChI is InChI=1S/C19H22FN3O4S/c1-14-3-7-16(8-4-14)22-18(24)13-23(2)19(25)11-12-21-28(26,27)17-9-5-15(20)6-10-17/h3-10,21H,11-13H2,1-2H3,(H,22,24). The lowest BCUT2D eigenvalue weighted by Gasteiger charge is -2.17. The van der Waals surface area contributed by atoms with Gasteiger partial charge in [-0.2, -0.15) is 0 Å². The molecule has 0 spiro atoms. The van der Waals surface area contributed by atoms with Crippen molar-refractivity contribution in [1.82, 2.24) is 9.62 Å². The van der Waals surface area contributed by atoms with Crippen LogP contribution in [0.1, 0.15) is 12.0 Å². The number of carbonyl (C=O) groups excluding carboxylic acids is 2. The Kier molecular flexibility index (Phi) is 7.24. The van der Waals surface area contributed by atoms with Gasteiger partial charge in [-0.15, -0.1) is 0 Å². The summed E-state index contributed by atoms with van der Waals surface area (Å²) in [4.78, 5) is 25.2. The lowest BCUT2D eigenvalue weighted by Crippen LogP contribution is -2.37. The summed E-state index contributed by atoms with van der Waals surface area (Å²) in [5, 5.41) is 2.69. The molecule has 0 saturated heterocycles. The van der Waals surface area contributed by atoms with Crippen molar-refractivity contribution in [3.05, 3.63) is 59.9 Å². The molecule has 0 aliphatic heterocycles. The number of anilines is 1. The van der Waals surface area contributed by atoms with Gasteiger partial charge in [-0.25, -0.2) is 17.5 Å². The largest absolute Gasteiger partial charge is 0.336 e. The van der Waals surface area contributed by atoms with E-state index in [2.05, 4.69) is 10.0 Å². The van der Waals surface area contributed by atoms with Gasteiger partial charge in [0.15, 0.2) is 0 Å². The molecule has 28 heavy (non-hydrogen) atoms. The summed E-state index contributed by atoms with van der Waals surface area (Å²) in [5.41, 5.74) is 1.69. The van der Waals surface area contributed by atoms with Crippen LogP contribution in [0.25, 0.3) is 0 Å². The van der Waals surface area contributed by atoms with Crippen molar-refractivity contribution in [3.63, 3.8) is 0 Å². The van der Waals surface area contributed by atoms with E-state index in [1.165, 1.54) is 11.9 Å². The van der Waals surface area contributed by atoms with Crippen molar-refractivity contribution in [2.24, 2.45) is 0 Å². The maximum Gasteiger partial charge on any atom is 0.243 e. The van der Waals surface area contributed by atoms with Crippen LogP contribution in [0.2, 0.25) is 0 Å². The van der Waals surface area contributed by atoms with Gasteiger partial charge in [-0.05, 0) is 43.3 Å². The molecule has 0 fully saturated rings. The highest BCUT2D eigenvalue weighted by molar-refractivity contribution is 7.89. The highest BCUT2D eigenvalue weighted by atomic mass is 32.2. The SMILES string of the molecule is Cc1ccc(NC(=O)CN(C)C(=O)CCNS(=O)(=O)c2ccc(F)cc2)cc1. The molecule has 0 atom stereocenters. The maximum absolute atomic E-state index is 12.9. The minimum absolute atomic E-state index is 0.0906. The van der Waals surface area contributed by atoms with E-state index in [9.17, 15) is 22.4 Å². The van der Waals surface area contributed by atoms with Crippen molar-refractivity contribution < 1.29 is 22.4 Å². The molecule has 0 bridgehead atoms. The van der Waals surface area contributed by atoms with Gasteiger partial charge in [-0.1, -0.05) is 17.7 Å².